The number of rotatable bonds is 8. The molecule has 1 atom stereocenters. The summed E-state index contributed by atoms with van der Waals surface area (Å²) >= 11 is 0. The van der Waals surface area contributed by atoms with Gasteiger partial charge >= 0.3 is 0 Å². The quantitative estimate of drug-likeness (QED) is 0.667. The third-order valence-electron chi connectivity index (χ3n) is 3.66. The van der Waals surface area contributed by atoms with Crippen LogP contribution in [0.4, 0.5) is 0 Å². The zero-order chi connectivity index (χ0) is 14.2. The lowest BCUT2D eigenvalue weighted by Crippen LogP contribution is -2.37. The minimum Gasteiger partial charge on any atom is -0.383 e. The first-order chi connectivity index (χ1) is 8.32. The summed E-state index contributed by atoms with van der Waals surface area (Å²) in [6.07, 6.45) is 2.82. The molecule has 0 aromatic rings. The first-order valence-electron chi connectivity index (χ1n) is 7.09. The van der Waals surface area contributed by atoms with Crippen LogP contribution in [0, 0.1) is 11.3 Å². The smallest absolute Gasteiger partial charge is 0.222 e. The summed E-state index contributed by atoms with van der Waals surface area (Å²) in [5.41, 5.74) is 0.188. The van der Waals surface area contributed by atoms with Gasteiger partial charge in [0.1, 0.15) is 0 Å². The van der Waals surface area contributed by atoms with E-state index in [4.69, 9.17) is 4.74 Å². The second-order valence-electron chi connectivity index (χ2n) is 6.20. The van der Waals surface area contributed by atoms with Gasteiger partial charge in [0.25, 0.3) is 0 Å². The number of hydrogen-bond acceptors (Lipinski definition) is 2. The van der Waals surface area contributed by atoms with Gasteiger partial charge in [0.05, 0.1) is 6.61 Å². The van der Waals surface area contributed by atoms with E-state index in [0.29, 0.717) is 25.5 Å². The molecule has 1 unspecified atom stereocenters. The molecule has 0 aliphatic heterocycles. The van der Waals surface area contributed by atoms with Crippen LogP contribution in [-0.4, -0.2) is 37.6 Å². The highest BCUT2D eigenvalue weighted by Gasteiger charge is 2.24. The van der Waals surface area contributed by atoms with Crippen LogP contribution in [0.15, 0.2) is 0 Å². The normalized spacial score (nSPS) is 13.4. The van der Waals surface area contributed by atoms with Crippen LogP contribution in [0.3, 0.4) is 0 Å². The number of ether oxygens (including phenoxy) is 1. The average Bonchev–Trinajstić information content (AvgIpc) is 2.27. The van der Waals surface area contributed by atoms with E-state index in [1.54, 1.807) is 7.11 Å². The Hall–Kier alpha value is -0.570. The predicted molar refractivity (Wildman–Crippen MR) is 76.6 cm³/mol. The maximum absolute atomic E-state index is 12.3. The summed E-state index contributed by atoms with van der Waals surface area (Å²) in [4.78, 5) is 14.2. The second-order valence-corrected chi connectivity index (χ2v) is 6.20. The van der Waals surface area contributed by atoms with E-state index in [1.165, 1.54) is 0 Å². The van der Waals surface area contributed by atoms with Crippen molar-refractivity contribution in [1.29, 1.82) is 0 Å². The van der Waals surface area contributed by atoms with Gasteiger partial charge < -0.3 is 9.64 Å². The molecule has 0 fully saturated rings. The third kappa shape index (κ3) is 7.00. The molecule has 1 amide bonds. The van der Waals surface area contributed by atoms with Crippen LogP contribution in [0.25, 0.3) is 0 Å². The van der Waals surface area contributed by atoms with Crippen molar-refractivity contribution in [2.45, 2.75) is 53.9 Å². The lowest BCUT2D eigenvalue weighted by atomic mass is 9.80. The number of unbranched alkanes of at least 4 members (excludes halogenated alkanes) is 1. The standard InChI is InChI=1S/C15H31NO2/c1-7-8-9-16(10-11-18-6)14(17)12-13(2)15(3,4)5/h13H,7-12H2,1-6H3. The van der Waals surface area contributed by atoms with E-state index in [-0.39, 0.29) is 11.3 Å². The van der Waals surface area contributed by atoms with Gasteiger partial charge in [-0.3, -0.25) is 4.79 Å². The monoisotopic (exact) mass is 257 g/mol. The van der Waals surface area contributed by atoms with E-state index in [9.17, 15) is 4.79 Å². The van der Waals surface area contributed by atoms with Crippen LogP contribution in [0.1, 0.15) is 53.9 Å². The summed E-state index contributed by atoms with van der Waals surface area (Å²) in [7, 11) is 1.68. The summed E-state index contributed by atoms with van der Waals surface area (Å²) in [5, 5.41) is 0. The minimum atomic E-state index is 0.188. The Morgan fingerprint density at radius 2 is 1.89 bits per heavy atom. The molecule has 0 aliphatic carbocycles. The van der Waals surface area contributed by atoms with Gasteiger partial charge in [-0.1, -0.05) is 41.0 Å². The highest BCUT2D eigenvalue weighted by Crippen LogP contribution is 2.28. The first-order valence-corrected chi connectivity index (χ1v) is 7.09. The molecule has 0 aliphatic rings. The Kier molecular flexibility index (Phi) is 8.25. The fourth-order valence-electron chi connectivity index (χ4n) is 1.61. The van der Waals surface area contributed by atoms with Crippen molar-refractivity contribution in [3.8, 4) is 0 Å². The molecule has 0 bridgehead atoms. The molecule has 3 nitrogen and oxygen atoms in total. The molecule has 0 radical (unpaired) electrons. The maximum Gasteiger partial charge on any atom is 0.222 e. The predicted octanol–water partition coefficient (Wildman–Crippen LogP) is 3.33. The van der Waals surface area contributed by atoms with Crippen LogP contribution in [0.2, 0.25) is 0 Å². The van der Waals surface area contributed by atoms with Crippen molar-refractivity contribution < 1.29 is 9.53 Å². The molecule has 0 rings (SSSR count). The van der Waals surface area contributed by atoms with E-state index < -0.39 is 0 Å². The van der Waals surface area contributed by atoms with Gasteiger partial charge in [-0.05, 0) is 17.8 Å². The van der Waals surface area contributed by atoms with Crippen LogP contribution < -0.4 is 0 Å². The molecule has 0 heterocycles. The van der Waals surface area contributed by atoms with E-state index in [0.717, 1.165) is 19.4 Å². The number of hydrogen-bond donors (Lipinski definition) is 0. The summed E-state index contributed by atoms with van der Waals surface area (Å²) in [6.45, 7) is 13.1. The van der Waals surface area contributed by atoms with E-state index in [2.05, 4.69) is 34.6 Å². The Morgan fingerprint density at radius 3 is 2.33 bits per heavy atom. The zero-order valence-electron chi connectivity index (χ0n) is 13.1. The molecule has 0 saturated carbocycles. The number of amides is 1. The topological polar surface area (TPSA) is 29.5 Å². The van der Waals surface area contributed by atoms with Crippen molar-refractivity contribution >= 4 is 5.91 Å². The van der Waals surface area contributed by atoms with Crippen molar-refractivity contribution in [1.82, 2.24) is 4.90 Å². The molecule has 108 valence electrons. The van der Waals surface area contributed by atoms with E-state index >= 15 is 0 Å². The fraction of sp³-hybridized carbons (Fsp3) is 0.933. The Morgan fingerprint density at radius 1 is 1.28 bits per heavy atom. The molecular weight excluding hydrogens is 226 g/mol. The summed E-state index contributed by atoms with van der Waals surface area (Å²) in [6, 6.07) is 0. The molecule has 0 spiro atoms. The molecule has 0 aromatic carbocycles. The molecule has 0 N–H and O–H groups in total. The lowest BCUT2D eigenvalue weighted by molar-refractivity contribution is -0.133. The Labute approximate surface area is 113 Å². The van der Waals surface area contributed by atoms with Gasteiger partial charge in [0.15, 0.2) is 0 Å². The summed E-state index contributed by atoms with van der Waals surface area (Å²) in [5.74, 6) is 0.666. The highest BCUT2D eigenvalue weighted by atomic mass is 16.5. The van der Waals surface area contributed by atoms with Crippen LogP contribution >= 0.6 is 0 Å². The molecule has 0 aromatic heterocycles. The van der Waals surface area contributed by atoms with Gasteiger partial charge in [0, 0.05) is 26.6 Å². The molecule has 3 heteroatoms. The number of nitrogens with zero attached hydrogens (tertiary/aromatic N) is 1. The van der Waals surface area contributed by atoms with Gasteiger partial charge in [-0.2, -0.15) is 0 Å². The highest BCUT2D eigenvalue weighted by molar-refractivity contribution is 5.76. The zero-order valence-corrected chi connectivity index (χ0v) is 13.1. The number of carbonyl (C=O) groups excluding carboxylic acids is 1. The average molecular weight is 257 g/mol. The van der Waals surface area contributed by atoms with Crippen molar-refractivity contribution in [2.75, 3.05) is 26.8 Å². The van der Waals surface area contributed by atoms with Gasteiger partial charge in [-0.15, -0.1) is 0 Å². The van der Waals surface area contributed by atoms with Gasteiger partial charge in [0.2, 0.25) is 5.91 Å². The fourth-order valence-corrected chi connectivity index (χ4v) is 1.61. The van der Waals surface area contributed by atoms with E-state index in [1.807, 2.05) is 4.90 Å². The second kappa shape index (κ2) is 8.52. The Bertz CT molecular complexity index is 225. The molecular formula is C15H31NO2. The first kappa shape index (κ1) is 17.4. The molecule has 0 saturated heterocycles. The maximum atomic E-state index is 12.3. The SMILES string of the molecule is CCCCN(CCOC)C(=O)CC(C)C(C)(C)C. The minimum absolute atomic E-state index is 0.188. The molecule has 18 heavy (non-hydrogen) atoms. The number of methoxy groups -OCH3 is 1. The van der Waals surface area contributed by atoms with Crippen LogP contribution in [-0.2, 0) is 9.53 Å². The lowest BCUT2D eigenvalue weighted by Gasteiger charge is -2.30. The van der Waals surface area contributed by atoms with Crippen LogP contribution in [0.5, 0.6) is 0 Å². The van der Waals surface area contributed by atoms with Crippen molar-refractivity contribution in [2.24, 2.45) is 11.3 Å². The summed E-state index contributed by atoms with van der Waals surface area (Å²) < 4.78 is 5.08. The third-order valence-corrected chi connectivity index (χ3v) is 3.66. The van der Waals surface area contributed by atoms with Crippen molar-refractivity contribution in [3.63, 3.8) is 0 Å². The van der Waals surface area contributed by atoms with Crippen molar-refractivity contribution in [3.05, 3.63) is 0 Å². The Balaban J connectivity index is 4.35. The number of carbonyl (C=O) groups is 1. The largest absolute Gasteiger partial charge is 0.383 e. The van der Waals surface area contributed by atoms with Gasteiger partial charge in [-0.25, -0.2) is 0 Å².